The summed E-state index contributed by atoms with van der Waals surface area (Å²) >= 11 is 0. The molecule has 6 rings (SSSR count). The molecule has 0 radical (unpaired) electrons. The molecule has 5 nitrogen and oxygen atoms in total. The molecule has 2 atom stereocenters. The van der Waals surface area contributed by atoms with Gasteiger partial charge in [0.1, 0.15) is 5.75 Å². The maximum Gasteiger partial charge on any atom is 0.237 e. The normalized spacial score (nSPS) is 19.2. The van der Waals surface area contributed by atoms with Crippen LogP contribution >= 0.6 is 0 Å². The van der Waals surface area contributed by atoms with Gasteiger partial charge in [-0.25, -0.2) is 0 Å². The number of benzene rings is 4. The van der Waals surface area contributed by atoms with Crippen molar-refractivity contribution >= 4 is 22.4 Å². The Kier molecular flexibility index (Phi) is 4.28. The highest BCUT2D eigenvalue weighted by atomic mass is 16.7. The fraction of sp³-hybridized carbons (Fsp3) is 0.148. The van der Waals surface area contributed by atoms with E-state index in [1.165, 1.54) is 0 Å². The van der Waals surface area contributed by atoms with Crippen molar-refractivity contribution in [2.24, 2.45) is 0 Å². The van der Waals surface area contributed by atoms with E-state index in [1.807, 2.05) is 65.6 Å². The summed E-state index contributed by atoms with van der Waals surface area (Å²) in [5, 5.41) is 2.23. The van der Waals surface area contributed by atoms with Crippen molar-refractivity contribution in [1.29, 1.82) is 0 Å². The Balaban J connectivity index is 1.48. The molecule has 1 amide bonds. The van der Waals surface area contributed by atoms with Crippen LogP contribution in [0, 0.1) is 0 Å². The average molecular weight is 423 g/mol. The van der Waals surface area contributed by atoms with Crippen molar-refractivity contribution in [3.63, 3.8) is 0 Å². The molecule has 32 heavy (non-hydrogen) atoms. The number of amides is 1. The molecular formula is C27H21NO4. The van der Waals surface area contributed by atoms with Crippen molar-refractivity contribution in [2.45, 2.75) is 12.0 Å². The highest BCUT2D eigenvalue weighted by Gasteiger charge is 2.50. The number of ether oxygens (including phenoxy) is 3. The number of hydrogen-bond donors (Lipinski definition) is 0. The number of carbonyl (C=O) groups is 1. The first-order valence-electron chi connectivity index (χ1n) is 10.6. The summed E-state index contributed by atoms with van der Waals surface area (Å²) in [6.45, 7) is 0.220. The van der Waals surface area contributed by atoms with Crippen LogP contribution in [0.5, 0.6) is 17.2 Å². The van der Waals surface area contributed by atoms with Gasteiger partial charge in [-0.05, 0) is 58.3 Å². The Hall–Kier alpha value is -3.99. The van der Waals surface area contributed by atoms with Crippen molar-refractivity contribution in [3.05, 3.63) is 96.1 Å². The molecule has 1 fully saturated rings. The molecule has 4 aromatic carbocycles. The van der Waals surface area contributed by atoms with Gasteiger partial charge in [-0.3, -0.25) is 4.79 Å². The molecule has 0 saturated carbocycles. The molecular weight excluding hydrogens is 402 g/mol. The van der Waals surface area contributed by atoms with E-state index in [-0.39, 0.29) is 24.7 Å². The lowest BCUT2D eigenvalue weighted by Crippen LogP contribution is -2.53. The van der Waals surface area contributed by atoms with Gasteiger partial charge in [-0.1, -0.05) is 48.5 Å². The highest BCUT2D eigenvalue weighted by molar-refractivity contribution is 6.09. The number of rotatable bonds is 4. The minimum atomic E-state index is -0.288. The average Bonchev–Trinajstić information content (AvgIpc) is 3.31. The first-order valence-corrected chi connectivity index (χ1v) is 10.6. The van der Waals surface area contributed by atoms with Crippen LogP contribution in [0.1, 0.15) is 23.1 Å². The van der Waals surface area contributed by atoms with Gasteiger partial charge in [0.05, 0.1) is 19.1 Å². The van der Waals surface area contributed by atoms with Crippen molar-refractivity contribution in [2.75, 3.05) is 18.8 Å². The van der Waals surface area contributed by atoms with Gasteiger partial charge in [0.25, 0.3) is 0 Å². The van der Waals surface area contributed by atoms with Gasteiger partial charge < -0.3 is 19.1 Å². The second-order valence-corrected chi connectivity index (χ2v) is 8.01. The topological polar surface area (TPSA) is 48.0 Å². The zero-order chi connectivity index (χ0) is 21.7. The Morgan fingerprint density at radius 3 is 2.50 bits per heavy atom. The molecule has 1 saturated heterocycles. The molecule has 2 aliphatic rings. The van der Waals surface area contributed by atoms with E-state index in [0.29, 0.717) is 5.75 Å². The van der Waals surface area contributed by atoms with Crippen molar-refractivity contribution in [3.8, 4) is 17.2 Å². The second-order valence-electron chi connectivity index (χ2n) is 8.01. The molecule has 0 unspecified atom stereocenters. The maximum atomic E-state index is 13.6. The van der Waals surface area contributed by atoms with E-state index < -0.39 is 0 Å². The van der Waals surface area contributed by atoms with Crippen LogP contribution in [0.25, 0.3) is 10.8 Å². The van der Waals surface area contributed by atoms with Gasteiger partial charge in [-0.15, -0.1) is 0 Å². The third kappa shape index (κ3) is 2.82. The molecule has 5 heteroatoms. The Morgan fingerprint density at radius 2 is 1.66 bits per heavy atom. The zero-order valence-corrected chi connectivity index (χ0v) is 17.5. The first-order chi connectivity index (χ1) is 15.7. The van der Waals surface area contributed by atoms with Crippen LogP contribution in [-0.2, 0) is 4.79 Å². The predicted molar refractivity (Wildman–Crippen MR) is 122 cm³/mol. The molecule has 0 aromatic heterocycles. The summed E-state index contributed by atoms with van der Waals surface area (Å²) in [5.41, 5.74) is 2.90. The fourth-order valence-electron chi connectivity index (χ4n) is 4.78. The van der Waals surface area contributed by atoms with Crippen LogP contribution in [0.4, 0.5) is 5.69 Å². The number of β-lactam (4-membered cyclic amide) rings is 1. The van der Waals surface area contributed by atoms with Crippen LogP contribution in [0.3, 0.4) is 0 Å². The molecule has 158 valence electrons. The summed E-state index contributed by atoms with van der Waals surface area (Å²) in [6, 6.07) is 27.8. The lowest BCUT2D eigenvalue weighted by atomic mass is 9.76. The first kappa shape index (κ1) is 18.8. The monoisotopic (exact) mass is 423 g/mol. The van der Waals surface area contributed by atoms with Gasteiger partial charge in [0.15, 0.2) is 11.5 Å². The molecule has 2 heterocycles. The SMILES string of the molecule is COc1ccc(N2C(=O)[C@@H](c3cccc4ccccc34)[C@H]2c2ccc3c(c2)OCO3)cc1. The third-order valence-corrected chi connectivity index (χ3v) is 6.34. The minimum absolute atomic E-state index is 0.0780. The Labute approximate surface area is 185 Å². The van der Waals surface area contributed by atoms with E-state index in [4.69, 9.17) is 14.2 Å². The van der Waals surface area contributed by atoms with Crippen molar-refractivity contribution in [1.82, 2.24) is 0 Å². The van der Waals surface area contributed by atoms with Crippen LogP contribution in [0.15, 0.2) is 84.9 Å². The number of nitrogens with zero attached hydrogens (tertiary/aromatic N) is 1. The minimum Gasteiger partial charge on any atom is -0.497 e. The molecule has 2 aliphatic heterocycles. The maximum absolute atomic E-state index is 13.6. The second kappa shape index (κ2) is 7.31. The predicted octanol–water partition coefficient (Wildman–Crippen LogP) is 5.45. The molecule has 0 aliphatic carbocycles. The van der Waals surface area contributed by atoms with Gasteiger partial charge in [-0.2, -0.15) is 0 Å². The Bertz CT molecular complexity index is 1330. The smallest absolute Gasteiger partial charge is 0.237 e. The third-order valence-electron chi connectivity index (χ3n) is 6.34. The largest absolute Gasteiger partial charge is 0.497 e. The standard InChI is InChI=1S/C27H21NO4/c1-30-20-12-10-19(11-13-20)28-26(18-9-14-23-24(15-18)32-16-31-23)25(27(28)29)22-8-4-6-17-5-2-3-7-21(17)22/h2-15,25-26H,16H2,1H3/t25-,26+/m0/s1. The number of methoxy groups -OCH3 is 1. The molecule has 0 spiro atoms. The van der Waals surface area contributed by atoms with E-state index in [2.05, 4.69) is 24.3 Å². The summed E-state index contributed by atoms with van der Waals surface area (Å²) < 4.78 is 16.4. The van der Waals surface area contributed by atoms with Crippen LogP contribution < -0.4 is 19.1 Å². The number of anilines is 1. The quantitative estimate of drug-likeness (QED) is 0.410. The Morgan fingerprint density at radius 1 is 0.875 bits per heavy atom. The lowest BCUT2D eigenvalue weighted by Gasteiger charge is -2.48. The van der Waals surface area contributed by atoms with Gasteiger partial charge in [0, 0.05) is 5.69 Å². The molecule has 0 bridgehead atoms. The summed E-state index contributed by atoms with van der Waals surface area (Å²) in [7, 11) is 1.63. The van der Waals surface area contributed by atoms with Gasteiger partial charge in [0.2, 0.25) is 12.7 Å². The number of fused-ring (bicyclic) bond motifs is 2. The van der Waals surface area contributed by atoms with E-state index in [1.54, 1.807) is 7.11 Å². The van der Waals surface area contributed by atoms with E-state index in [0.717, 1.165) is 39.1 Å². The summed E-state index contributed by atoms with van der Waals surface area (Å²) in [5.74, 6) is 2.00. The number of hydrogen-bond acceptors (Lipinski definition) is 4. The van der Waals surface area contributed by atoms with Crippen molar-refractivity contribution < 1.29 is 19.0 Å². The van der Waals surface area contributed by atoms with Crippen LogP contribution in [0.2, 0.25) is 0 Å². The van der Waals surface area contributed by atoms with Gasteiger partial charge >= 0.3 is 0 Å². The lowest BCUT2D eigenvalue weighted by molar-refractivity contribution is -0.126. The highest BCUT2D eigenvalue weighted by Crippen LogP contribution is 2.51. The number of carbonyl (C=O) groups excluding carboxylic acids is 1. The van der Waals surface area contributed by atoms with E-state index >= 15 is 0 Å². The van der Waals surface area contributed by atoms with Crippen LogP contribution in [-0.4, -0.2) is 19.8 Å². The summed E-state index contributed by atoms with van der Waals surface area (Å²) in [6.07, 6.45) is 0. The fourth-order valence-corrected chi connectivity index (χ4v) is 4.78. The summed E-state index contributed by atoms with van der Waals surface area (Å²) in [4.78, 5) is 15.5. The molecule has 4 aromatic rings. The molecule has 0 N–H and O–H groups in total. The van der Waals surface area contributed by atoms with E-state index in [9.17, 15) is 4.79 Å². The zero-order valence-electron chi connectivity index (χ0n) is 17.5.